The maximum atomic E-state index is 13.5. The molecule has 0 radical (unpaired) electrons. The summed E-state index contributed by atoms with van der Waals surface area (Å²) in [6.07, 6.45) is 0.741. The van der Waals surface area contributed by atoms with E-state index in [1.165, 1.54) is 31.5 Å². The van der Waals surface area contributed by atoms with Gasteiger partial charge in [-0.2, -0.15) is 0 Å². The molecule has 0 saturated heterocycles. The second kappa shape index (κ2) is 6.69. The van der Waals surface area contributed by atoms with Crippen LogP contribution >= 0.6 is 15.9 Å². The van der Waals surface area contributed by atoms with Crippen molar-refractivity contribution in [1.82, 2.24) is 9.97 Å². The van der Waals surface area contributed by atoms with Crippen molar-refractivity contribution in [1.29, 1.82) is 0 Å². The first-order chi connectivity index (χ1) is 10.4. The molecule has 22 heavy (non-hydrogen) atoms. The highest BCUT2D eigenvalue weighted by Gasteiger charge is 2.20. The lowest BCUT2D eigenvalue weighted by Gasteiger charge is -2.17. The predicted molar refractivity (Wildman–Crippen MR) is 80.9 cm³/mol. The SMILES string of the molecule is COC(=O)c1ccc(F)cc1[C@@H](C)Oc1nc(Br)cnc1N. The second-order valence-corrected chi connectivity index (χ2v) is 5.18. The Hall–Kier alpha value is -2.22. The smallest absolute Gasteiger partial charge is 0.338 e. The molecule has 8 heteroatoms. The van der Waals surface area contributed by atoms with Gasteiger partial charge >= 0.3 is 5.97 Å². The number of carbonyl (C=O) groups is 1. The number of benzene rings is 1. The first kappa shape index (κ1) is 16.2. The lowest BCUT2D eigenvalue weighted by Crippen LogP contribution is -2.13. The Morgan fingerprint density at radius 2 is 2.18 bits per heavy atom. The van der Waals surface area contributed by atoms with E-state index in [1.807, 2.05) is 0 Å². The summed E-state index contributed by atoms with van der Waals surface area (Å²) in [4.78, 5) is 19.7. The van der Waals surface area contributed by atoms with Gasteiger partial charge in [-0.3, -0.25) is 0 Å². The maximum absolute atomic E-state index is 13.5. The third kappa shape index (κ3) is 3.51. The number of hydrogen-bond donors (Lipinski definition) is 1. The zero-order valence-corrected chi connectivity index (χ0v) is 13.4. The van der Waals surface area contributed by atoms with Gasteiger partial charge in [0.2, 0.25) is 0 Å². The highest BCUT2D eigenvalue weighted by molar-refractivity contribution is 9.10. The standard InChI is InChI=1S/C14H13BrFN3O3/c1-7(22-13-12(17)18-6-11(15)19-13)10-5-8(16)3-4-9(10)14(20)21-2/h3-7H,1-2H3,(H2,17,18)/t7-/m1/s1. The minimum atomic E-state index is -0.685. The molecule has 2 rings (SSSR count). The van der Waals surface area contributed by atoms with Crippen molar-refractivity contribution in [3.8, 4) is 5.88 Å². The second-order valence-electron chi connectivity index (χ2n) is 4.37. The Kier molecular flexibility index (Phi) is 4.92. The third-order valence-corrected chi connectivity index (χ3v) is 3.27. The fraction of sp³-hybridized carbons (Fsp3) is 0.214. The zero-order valence-electron chi connectivity index (χ0n) is 11.8. The third-order valence-electron chi connectivity index (χ3n) is 2.88. The van der Waals surface area contributed by atoms with Crippen LogP contribution < -0.4 is 10.5 Å². The van der Waals surface area contributed by atoms with Gasteiger partial charge in [-0.25, -0.2) is 19.2 Å². The number of esters is 1. The van der Waals surface area contributed by atoms with Crippen LogP contribution in [0.1, 0.15) is 28.9 Å². The number of ether oxygens (including phenoxy) is 2. The molecular formula is C14H13BrFN3O3. The van der Waals surface area contributed by atoms with Crippen molar-refractivity contribution in [3.63, 3.8) is 0 Å². The van der Waals surface area contributed by atoms with Crippen molar-refractivity contribution in [3.05, 3.63) is 45.9 Å². The number of nitrogens with zero attached hydrogens (tertiary/aromatic N) is 2. The molecule has 1 aromatic heterocycles. The number of halogens is 2. The first-order valence-electron chi connectivity index (χ1n) is 6.24. The molecule has 0 amide bonds. The van der Waals surface area contributed by atoms with E-state index in [9.17, 15) is 9.18 Å². The maximum Gasteiger partial charge on any atom is 0.338 e. The van der Waals surface area contributed by atoms with Crippen LogP contribution in [0.2, 0.25) is 0 Å². The topological polar surface area (TPSA) is 87.3 Å². The number of anilines is 1. The Morgan fingerprint density at radius 3 is 2.86 bits per heavy atom. The van der Waals surface area contributed by atoms with E-state index < -0.39 is 17.9 Å². The molecule has 6 nitrogen and oxygen atoms in total. The zero-order chi connectivity index (χ0) is 16.3. The summed E-state index contributed by atoms with van der Waals surface area (Å²) in [7, 11) is 1.25. The number of aromatic nitrogens is 2. The van der Waals surface area contributed by atoms with Gasteiger partial charge in [0.05, 0.1) is 18.9 Å². The molecule has 1 atom stereocenters. The quantitative estimate of drug-likeness (QED) is 0.833. The predicted octanol–water partition coefficient (Wildman–Crippen LogP) is 2.89. The molecule has 1 aromatic carbocycles. The number of methoxy groups -OCH3 is 1. The van der Waals surface area contributed by atoms with Crippen molar-refractivity contribution in [2.45, 2.75) is 13.0 Å². The minimum absolute atomic E-state index is 0.0851. The molecule has 0 aliphatic carbocycles. The van der Waals surface area contributed by atoms with E-state index in [1.54, 1.807) is 6.92 Å². The Balaban J connectivity index is 2.36. The molecule has 0 unspecified atom stereocenters. The molecule has 0 saturated carbocycles. The van der Waals surface area contributed by atoms with E-state index in [2.05, 4.69) is 30.6 Å². The number of nitrogen functional groups attached to an aromatic ring is 1. The first-order valence-corrected chi connectivity index (χ1v) is 7.04. The summed E-state index contributed by atoms with van der Waals surface area (Å²) < 4.78 is 24.2. The largest absolute Gasteiger partial charge is 0.467 e. The van der Waals surface area contributed by atoms with Gasteiger partial charge in [0.1, 0.15) is 16.5 Å². The van der Waals surface area contributed by atoms with Gasteiger partial charge in [0, 0.05) is 5.56 Å². The molecule has 0 fully saturated rings. The Morgan fingerprint density at radius 1 is 1.45 bits per heavy atom. The monoisotopic (exact) mass is 369 g/mol. The van der Waals surface area contributed by atoms with Crippen LogP contribution in [0, 0.1) is 5.82 Å². The van der Waals surface area contributed by atoms with Crippen molar-refractivity contribution >= 4 is 27.7 Å². The summed E-state index contributed by atoms with van der Waals surface area (Å²) in [5.74, 6) is -0.904. The molecule has 0 aliphatic rings. The Labute approximate surface area is 134 Å². The van der Waals surface area contributed by atoms with Crippen molar-refractivity contribution in [2.24, 2.45) is 0 Å². The van der Waals surface area contributed by atoms with Gasteiger partial charge in [-0.15, -0.1) is 0 Å². The fourth-order valence-electron chi connectivity index (χ4n) is 1.84. The summed E-state index contributed by atoms with van der Waals surface area (Å²) >= 11 is 3.16. The lowest BCUT2D eigenvalue weighted by atomic mass is 10.0. The summed E-state index contributed by atoms with van der Waals surface area (Å²) in [5, 5.41) is 0. The van der Waals surface area contributed by atoms with Crippen LogP contribution in [0.15, 0.2) is 29.0 Å². The lowest BCUT2D eigenvalue weighted by molar-refractivity contribution is 0.0595. The van der Waals surface area contributed by atoms with Gasteiger partial charge in [0.25, 0.3) is 5.88 Å². The average Bonchev–Trinajstić information content (AvgIpc) is 2.50. The van der Waals surface area contributed by atoms with Gasteiger partial charge in [-0.05, 0) is 41.1 Å². The van der Waals surface area contributed by atoms with Crippen molar-refractivity contribution in [2.75, 3.05) is 12.8 Å². The molecule has 2 N–H and O–H groups in total. The highest BCUT2D eigenvalue weighted by atomic mass is 79.9. The highest BCUT2D eigenvalue weighted by Crippen LogP contribution is 2.27. The molecular weight excluding hydrogens is 357 g/mol. The average molecular weight is 370 g/mol. The molecule has 0 spiro atoms. The fourth-order valence-corrected chi connectivity index (χ4v) is 2.11. The van der Waals surface area contributed by atoms with Crippen LogP contribution in [-0.4, -0.2) is 23.0 Å². The number of nitrogens with two attached hydrogens (primary N) is 1. The summed E-state index contributed by atoms with van der Waals surface area (Å²) in [6.45, 7) is 1.64. The van der Waals surface area contributed by atoms with Gasteiger partial charge in [0.15, 0.2) is 5.82 Å². The number of rotatable bonds is 4. The van der Waals surface area contributed by atoms with E-state index in [-0.39, 0.29) is 17.3 Å². The van der Waals surface area contributed by atoms with Crippen LogP contribution in [0.4, 0.5) is 10.2 Å². The van der Waals surface area contributed by atoms with E-state index in [0.717, 1.165) is 0 Å². The van der Waals surface area contributed by atoms with Crippen LogP contribution in [0.3, 0.4) is 0 Å². The van der Waals surface area contributed by atoms with E-state index in [4.69, 9.17) is 10.5 Å². The van der Waals surface area contributed by atoms with Crippen LogP contribution in [0.5, 0.6) is 5.88 Å². The molecule has 0 bridgehead atoms. The normalized spacial score (nSPS) is 11.8. The van der Waals surface area contributed by atoms with Crippen LogP contribution in [-0.2, 0) is 4.74 Å². The van der Waals surface area contributed by atoms with Gasteiger partial charge < -0.3 is 15.2 Å². The summed E-state index contributed by atoms with van der Waals surface area (Å²) in [5.41, 5.74) is 6.22. The van der Waals surface area contributed by atoms with Crippen LogP contribution in [0.25, 0.3) is 0 Å². The van der Waals surface area contributed by atoms with E-state index in [0.29, 0.717) is 10.2 Å². The Bertz CT molecular complexity index is 712. The minimum Gasteiger partial charge on any atom is -0.467 e. The summed E-state index contributed by atoms with van der Waals surface area (Å²) in [6, 6.07) is 3.72. The molecule has 1 heterocycles. The van der Waals surface area contributed by atoms with E-state index >= 15 is 0 Å². The number of carbonyl (C=O) groups excluding carboxylic acids is 1. The number of hydrogen-bond acceptors (Lipinski definition) is 6. The van der Waals surface area contributed by atoms with Gasteiger partial charge in [-0.1, -0.05) is 0 Å². The molecule has 2 aromatic rings. The van der Waals surface area contributed by atoms with Crippen molar-refractivity contribution < 1.29 is 18.7 Å². The molecule has 0 aliphatic heterocycles. The molecule has 116 valence electrons.